The molecule has 0 radical (unpaired) electrons. The van der Waals surface area contributed by atoms with Gasteiger partial charge in [-0.05, 0) is 30.7 Å². The van der Waals surface area contributed by atoms with E-state index in [4.69, 9.17) is 9.31 Å². The van der Waals surface area contributed by atoms with Crippen LogP contribution in [0.15, 0.2) is 28.9 Å². The minimum absolute atomic E-state index is 0.331. The minimum Gasteiger partial charge on any atom is -0.464 e. The molecule has 1 atom stereocenters. The second-order valence-electron chi connectivity index (χ2n) is 3.56. The summed E-state index contributed by atoms with van der Waals surface area (Å²) in [6.45, 7) is 1.37. The Kier molecular flexibility index (Phi) is 3.33. The number of aryl methyl sites for hydroxylation is 1. The van der Waals surface area contributed by atoms with Crippen molar-refractivity contribution in [2.45, 2.75) is 6.92 Å². The summed E-state index contributed by atoms with van der Waals surface area (Å²) in [5.74, 6) is -0.331. The van der Waals surface area contributed by atoms with E-state index < -0.39 is 14.9 Å². The van der Waals surface area contributed by atoms with Gasteiger partial charge in [0.15, 0.2) is 12.4 Å². The quantitative estimate of drug-likeness (QED) is 0.669. The minimum atomic E-state index is -2.75. The van der Waals surface area contributed by atoms with Gasteiger partial charge in [0.05, 0.1) is 6.26 Å². The molecule has 1 aromatic carbocycles. The fourth-order valence-electron chi connectivity index (χ4n) is 1.60. The zero-order valence-electron chi connectivity index (χ0n) is 9.04. The molecule has 0 saturated heterocycles. The van der Waals surface area contributed by atoms with E-state index >= 15 is 0 Å². The number of fused-ring (bicyclic) bond motifs is 1. The molecule has 0 bridgehead atoms. The number of rotatable bonds is 4. The summed E-state index contributed by atoms with van der Waals surface area (Å²) >= 11 is 0. The normalized spacial score (nSPS) is 11.8. The van der Waals surface area contributed by atoms with Crippen molar-refractivity contribution in [2.24, 2.45) is 0 Å². The molecular formula is C11H10O5P+. The van der Waals surface area contributed by atoms with E-state index in [2.05, 4.69) is 4.52 Å². The van der Waals surface area contributed by atoms with Crippen LogP contribution in [-0.4, -0.2) is 17.3 Å². The maximum atomic E-state index is 11.7. The van der Waals surface area contributed by atoms with E-state index in [1.165, 1.54) is 0 Å². The number of ketones is 1. The van der Waals surface area contributed by atoms with Crippen LogP contribution in [0.3, 0.4) is 0 Å². The van der Waals surface area contributed by atoms with E-state index in [0.717, 1.165) is 10.9 Å². The Labute approximate surface area is 97.9 Å². The van der Waals surface area contributed by atoms with Gasteiger partial charge in [-0.2, -0.15) is 0 Å². The summed E-state index contributed by atoms with van der Waals surface area (Å²) in [6, 6.07) is 5.19. The molecule has 1 aromatic heterocycles. The second-order valence-corrected chi connectivity index (χ2v) is 4.29. The van der Waals surface area contributed by atoms with Crippen molar-refractivity contribution in [3.63, 3.8) is 0 Å². The second kappa shape index (κ2) is 4.75. The Morgan fingerprint density at radius 1 is 1.53 bits per heavy atom. The lowest BCUT2D eigenvalue weighted by Crippen LogP contribution is -2.07. The van der Waals surface area contributed by atoms with Crippen molar-refractivity contribution in [3.8, 4) is 0 Å². The molecule has 0 fully saturated rings. The van der Waals surface area contributed by atoms with Crippen LogP contribution in [0.1, 0.15) is 15.9 Å². The van der Waals surface area contributed by atoms with Gasteiger partial charge in [0.2, 0.25) is 0 Å². The SMILES string of the molecule is Cc1cc2occc2cc1C(=O)CO[P+](=O)O. The summed E-state index contributed by atoms with van der Waals surface area (Å²) in [6.07, 6.45) is 1.54. The number of Topliss-reactive ketones (excluding diaryl/α,β-unsaturated/α-hetero) is 1. The number of furan rings is 1. The molecule has 6 heteroatoms. The Morgan fingerprint density at radius 3 is 3.00 bits per heavy atom. The van der Waals surface area contributed by atoms with Crippen molar-refractivity contribution < 1.29 is 23.2 Å². The van der Waals surface area contributed by atoms with Crippen LogP contribution in [0.5, 0.6) is 0 Å². The molecule has 1 N–H and O–H groups in total. The van der Waals surface area contributed by atoms with Crippen LogP contribution < -0.4 is 0 Å². The standard InChI is InChI=1S/C11H9O5P/c1-7-4-11-8(2-3-15-11)5-9(7)10(12)6-16-17(13)14/h2-5H,6H2,1H3/p+1. The molecule has 17 heavy (non-hydrogen) atoms. The molecule has 0 amide bonds. The van der Waals surface area contributed by atoms with E-state index in [9.17, 15) is 9.36 Å². The van der Waals surface area contributed by atoms with Gasteiger partial charge in [0.25, 0.3) is 0 Å². The highest BCUT2D eigenvalue weighted by Gasteiger charge is 2.18. The zero-order chi connectivity index (χ0) is 12.4. The molecule has 88 valence electrons. The third-order valence-electron chi connectivity index (χ3n) is 2.41. The van der Waals surface area contributed by atoms with Crippen molar-refractivity contribution in [2.75, 3.05) is 6.61 Å². The number of benzene rings is 1. The lowest BCUT2D eigenvalue weighted by Gasteiger charge is -2.02. The molecular weight excluding hydrogens is 243 g/mol. The third kappa shape index (κ3) is 2.58. The van der Waals surface area contributed by atoms with Gasteiger partial charge in [-0.25, -0.2) is 0 Å². The fraction of sp³-hybridized carbons (Fsp3) is 0.182. The van der Waals surface area contributed by atoms with Gasteiger partial charge >= 0.3 is 8.25 Å². The van der Waals surface area contributed by atoms with Crippen molar-refractivity contribution >= 4 is 25.0 Å². The first-order chi connectivity index (χ1) is 8.08. The van der Waals surface area contributed by atoms with Gasteiger partial charge in [-0.3, -0.25) is 4.79 Å². The van der Waals surface area contributed by atoms with Crippen LogP contribution in [0, 0.1) is 6.92 Å². The number of carbonyl (C=O) groups is 1. The Morgan fingerprint density at radius 2 is 2.29 bits per heavy atom. The molecule has 2 aromatic rings. The van der Waals surface area contributed by atoms with Crippen LogP contribution in [0.2, 0.25) is 0 Å². The maximum Gasteiger partial charge on any atom is 0.695 e. The summed E-state index contributed by atoms with van der Waals surface area (Å²) in [4.78, 5) is 20.2. The lowest BCUT2D eigenvalue weighted by molar-refractivity contribution is 0.0916. The predicted molar refractivity (Wildman–Crippen MR) is 61.1 cm³/mol. The van der Waals surface area contributed by atoms with Gasteiger partial charge in [0.1, 0.15) is 5.58 Å². The van der Waals surface area contributed by atoms with Gasteiger partial charge < -0.3 is 4.42 Å². The predicted octanol–water partition coefficient (Wildman–Crippen LogP) is 2.59. The summed E-state index contributed by atoms with van der Waals surface area (Å²) in [5, 5.41) is 0.812. The molecule has 1 unspecified atom stereocenters. The molecule has 0 spiro atoms. The van der Waals surface area contributed by atoms with Crippen molar-refractivity contribution in [3.05, 3.63) is 35.6 Å². The Bertz CT molecular complexity index is 587. The van der Waals surface area contributed by atoms with E-state index in [0.29, 0.717) is 11.1 Å². The average molecular weight is 253 g/mol. The summed E-state index contributed by atoms with van der Waals surface area (Å²) in [5.41, 5.74) is 1.91. The van der Waals surface area contributed by atoms with E-state index in [1.54, 1.807) is 31.4 Å². The van der Waals surface area contributed by atoms with E-state index in [1.807, 2.05) is 0 Å². The molecule has 1 heterocycles. The molecule has 5 nitrogen and oxygen atoms in total. The highest BCUT2D eigenvalue weighted by molar-refractivity contribution is 7.32. The topological polar surface area (TPSA) is 76.7 Å². The van der Waals surface area contributed by atoms with Crippen molar-refractivity contribution in [1.82, 2.24) is 0 Å². The number of hydrogen-bond donors (Lipinski definition) is 1. The molecule has 0 aliphatic heterocycles. The zero-order valence-corrected chi connectivity index (χ0v) is 9.94. The van der Waals surface area contributed by atoms with Crippen LogP contribution in [0.25, 0.3) is 11.0 Å². The smallest absolute Gasteiger partial charge is 0.464 e. The first kappa shape index (κ1) is 11.9. The molecule has 0 saturated carbocycles. The molecule has 0 aliphatic carbocycles. The van der Waals surface area contributed by atoms with Crippen LogP contribution >= 0.6 is 8.25 Å². The highest BCUT2D eigenvalue weighted by atomic mass is 31.1. The fourth-order valence-corrected chi connectivity index (χ4v) is 1.83. The third-order valence-corrected chi connectivity index (χ3v) is 2.76. The maximum absolute atomic E-state index is 11.7. The van der Waals surface area contributed by atoms with Gasteiger partial charge in [-0.15, -0.1) is 9.42 Å². The lowest BCUT2D eigenvalue weighted by atomic mass is 10.0. The number of carbonyl (C=O) groups excluding carboxylic acids is 1. The highest BCUT2D eigenvalue weighted by Crippen LogP contribution is 2.22. The van der Waals surface area contributed by atoms with Gasteiger partial charge in [0, 0.05) is 15.5 Å². The summed E-state index contributed by atoms with van der Waals surface area (Å²) in [7, 11) is -2.75. The van der Waals surface area contributed by atoms with Crippen LogP contribution in [0.4, 0.5) is 0 Å². The first-order valence-electron chi connectivity index (χ1n) is 4.88. The van der Waals surface area contributed by atoms with Crippen molar-refractivity contribution in [1.29, 1.82) is 0 Å². The number of hydrogen-bond acceptors (Lipinski definition) is 4. The summed E-state index contributed by atoms with van der Waals surface area (Å²) < 4.78 is 20.0. The first-order valence-corrected chi connectivity index (χ1v) is 6.01. The Hall–Kier alpha value is -1.55. The monoisotopic (exact) mass is 253 g/mol. The van der Waals surface area contributed by atoms with E-state index in [-0.39, 0.29) is 5.78 Å². The molecule has 2 rings (SSSR count). The van der Waals surface area contributed by atoms with Crippen LogP contribution in [-0.2, 0) is 9.09 Å². The molecule has 0 aliphatic rings. The largest absolute Gasteiger partial charge is 0.695 e. The Balaban J connectivity index is 2.30. The van der Waals surface area contributed by atoms with Gasteiger partial charge in [-0.1, -0.05) is 0 Å². The average Bonchev–Trinajstić information content (AvgIpc) is 2.71.